The molecule has 2 aromatic heterocycles. The molecule has 6 rings (SSSR count). The van der Waals surface area contributed by atoms with Gasteiger partial charge >= 0.3 is 0 Å². The van der Waals surface area contributed by atoms with E-state index in [-0.39, 0.29) is 5.91 Å². The second-order valence-corrected chi connectivity index (χ2v) is 9.49. The van der Waals surface area contributed by atoms with Gasteiger partial charge in [0.2, 0.25) is 0 Å². The molecule has 1 amide bonds. The minimum atomic E-state index is 0.0995. The first kappa shape index (κ1) is 21.6. The molecule has 35 heavy (non-hydrogen) atoms. The number of anilines is 1. The summed E-state index contributed by atoms with van der Waals surface area (Å²) in [5, 5.41) is 4.67. The molecule has 1 aliphatic carbocycles. The molecule has 0 N–H and O–H groups in total. The highest BCUT2D eigenvalue weighted by Crippen LogP contribution is 2.43. The standard InChI is InChI=1S/C28H29N5O2/c1-19-5-3-4-6-25(19)33-27(22-7-8-22)24(17-30-33)28(34)32-15-13-31(14-16-32)23-11-9-21(10-12-23)26-18-29-20(2)35-26/h3-6,9-12,17-18,22H,7-8,13-16H2,1-2H3. The number of carbonyl (C=O) groups excluding carboxylic acids is 1. The van der Waals surface area contributed by atoms with Gasteiger partial charge in [0.15, 0.2) is 11.7 Å². The molecule has 4 aromatic rings. The van der Waals surface area contributed by atoms with Crippen LogP contribution >= 0.6 is 0 Å². The largest absolute Gasteiger partial charge is 0.441 e. The Morgan fingerprint density at radius 3 is 2.34 bits per heavy atom. The smallest absolute Gasteiger partial charge is 0.257 e. The molecule has 0 spiro atoms. The summed E-state index contributed by atoms with van der Waals surface area (Å²) in [6.45, 7) is 6.94. The minimum absolute atomic E-state index is 0.0995. The molecule has 1 aliphatic heterocycles. The predicted molar refractivity (Wildman–Crippen MR) is 135 cm³/mol. The molecule has 0 bridgehead atoms. The molecule has 1 saturated carbocycles. The number of amides is 1. The molecule has 3 heterocycles. The molecule has 0 radical (unpaired) electrons. The molecular weight excluding hydrogens is 438 g/mol. The van der Waals surface area contributed by atoms with Crippen LogP contribution in [0.2, 0.25) is 0 Å². The van der Waals surface area contributed by atoms with Crippen molar-refractivity contribution >= 4 is 11.6 Å². The summed E-state index contributed by atoms with van der Waals surface area (Å²) in [6, 6.07) is 16.6. The van der Waals surface area contributed by atoms with Crippen LogP contribution in [-0.4, -0.2) is 51.8 Å². The highest BCUT2D eigenvalue weighted by molar-refractivity contribution is 5.96. The number of aromatic nitrogens is 3. The van der Waals surface area contributed by atoms with E-state index < -0.39 is 0 Å². The van der Waals surface area contributed by atoms with E-state index in [1.807, 2.05) is 28.6 Å². The average Bonchev–Trinajstić information content (AvgIpc) is 3.48. The summed E-state index contributed by atoms with van der Waals surface area (Å²) >= 11 is 0. The molecular formula is C28H29N5O2. The zero-order valence-corrected chi connectivity index (χ0v) is 20.1. The van der Waals surface area contributed by atoms with Crippen molar-refractivity contribution in [2.24, 2.45) is 0 Å². The van der Waals surface area contributed by atoms with Crippen molar-refractivity contribution in [1.29, 1.82) is 0 Å². The number of hydrogen-bond donors (Lipinski definition) is 0. The van der Waals surface area contributed by atoms with Crippen molar-refractivity contribution in [3.63, 3.8) is 0 Å². The Balaban J connectivity index is 1.16. The lowest BCUT2D eigenvalue weighted by atomic mass is 10.1. The molecule has 2 fully saturated rings. The summed E-state index contributed by atoms with van der Waals surface area (Å²) in [7, 11) is 0. The molecule has 0 atom stereocenters. The van der Waals surface area contributed by atoms with Crippen molar-refractivity contribution in [3.05, 3.63) is 83.6 Å². The van der Waals surface area contributed by atoms with Gasteiger partial charge in [-0.05, 0) is 55.7 Å². The number of hydrogen-bond acceptors (Lipinski definition) is 5. The Morgan fingerprint density at radius 2 is 1.69 bits per heavy atom. The van der Waals surface area contributed by atoms with Gasteiger partial charge in [0.05, 0.1) is 29.3 Å². The van der Waals surface area contributed by atoms with Gasteiger partial charge in [0.25, 0.3) is 5.91 Å². The number of aryl methyl sites for hydroxylation is 2. The summed E-state index contributed by atoms with van der Waals surface area (Å²) in [5.74, 6) is 1.97. The predicted octanol–water partition coefficient (Wildman–Crippen LogP) is 4.98. The van der Waals surface area contributed by atoms with Crippen LogP contribution < -0.4 is 4.90 Å². The molecule has 7 heteroatoms. The molecule has 1 saturated heterocycles. The topological polar surface area (TPSA) is 67.4 Å². The van der Waals surface area contributed by atoms with Crippen molar-refractivity contribution in [1.82, 2.24) is 19.7 Å². The Kier molecular flexibility index (Phi) is 5.40. The van der Waals surface area contributed by atoms with E-state index in [9.17, 15) is 4.79 Å². The van der Waals surface area contributed by atoms with Crippen LogP contribution in [0.15, 0.2) is 65.3 Å². The van der Waals surface area contributed by atoms with Crippen molar-refractivity contribution in [3.8, 4) is 17.0 Å². The summed E-state index contributed by atoms with van der Waals surface area (Å²) < 4.78 is 7.62. The number of piperazine rings is 1. The van der Waals surface area contributed by atoms with Gasteiger partial charge in [-0.15, -0.1) is 0 Å². The second-order valence-electron chi connectivity index (χ2n) is 9.49. The van der Waals surface area contributed by atoms with Crippen LogP contribution in [0.5, 0.6) is 0 Å². The van der Waals surface area contributed by atoms with Gasteiger partial charge < -0.3 is 14.2 Å². The SMILES string of the molecule is Cc1ncc(-c2ccc(N3CCN(C(=O)c4cnn(-c5ccccc5C)c4C4CC4)CC3)cc2)o1. The van der Waals surface area contributed by atoms with E-state index in [1.165, 1.54) is 0 Å². The van der Waals surface area contributed by atoms with E-state index in [0.717, 1.165) is 65.5 Å². The fraction of sp³-hybridized carbons (Fsp3) is 0.321. The van der Waals surface area contributed by atoms with Crippen LogP contribution in [-0.2, 0) is 0 Å². The van der Waals surface area contributed by atoms with Crippen molar-refractivity contribution in [2.75, 3.05) is 31.1 Å². The normalized spacial score (nSPS) is 16.1. The molecule has 2 aromatic carbocycles. The molecule has 0 unspecified atom stereocenters. The monoisotopic (exact) mass is 467 g/mol. The van der Waals surface area contributed by atoms with E-state index in [1.54, 1.807) is 12.4 Å². The lowest BCUT2D eigenvalue weighted by Crippen LogP contribution is -2.48. The number of benzene rings is 2. The number of nitrogens with zero attached hydrogens (tertiary/aromatic N) is 5. The Labute approximate surface area is 205 Å². The molecule has 7 nitrogen and oxygen atoms in total. The summed E-state index contributed by atoms with van der Waals surface area (Å²) in [6.07, 6.45) is 5.77. The second kappa shape index (κ2) is 8.73. The van der Waals surface area contributed by atoms with E-state index in [0.29, 0.717) is 24.9 Å². The number of rotatable bonds is 5. The third kappa shape index (κ3) is 4.11. The van der Waals surface area contributed by atoms with Crippen LogP contribution in [0, 0.1) is 13.8 Å². The maximum Gasteiger partial charge on any atom is 0.257 e. The number of carbonyl (C=O) groups is 1. The van der Waals surface area contributed by atoms with Crippen molar-refractivity contribution in [2.45, 2.75) is 32.6 Å². The number of para-hydroxylation sites is 1. The Bertz CT molecular complexity index is 1360. The van der Waals surface area contributed by atoms with Gasteiger partial charge in [0.1, 0.15) is 0 Å². The van der Waals surface area contributed by atoms with Gasteiger partial charge in [-0.3, -0.25) is 4.79 Å². The lowest BCUT2D eigenvalue weighted by molar-refractivity contribution is 0.0745. The summed E-state index contributed by atoms with van der Waals surface area (Å²) in [4.78, 5) is 22.1. The first-order valence-corrected chi connectivity index (χ1v) is 12.3. The van der Waals surface area contributed by atoms with Crippen LogP contribution in [0.3, 0.4) is 0 Å². The Morgan fingerprint density at radius 1 is 0.943 bits per heavy atom. The third-order valence-corrected chi connectivity index (χ3v) is 7.05. The van der Waals surface area contributed by atoms with Crippen LogP contribution in [0.4, 0.5) is 5.69 Å². The maximum absolute atomic E-state index is 13.6. The van der Waals surface area contributed by atoms with Gasteiger partial charge in [-0.25, -0.2) is 9.67 Å². The fourth-order valence-electron chi connectivity index (χ4n) is 4.93. The third-order valence-electron chi connectivity index (χ3n) is 7.05. The number of oxazole rings is 1. The van der Waals surface area contributed by atoms with Crippen LogP contribution in [0.1, 0.15) is 46.3 Å². The molecule has 178 valence electrons. The quantitative estimate of drug-likeness (QED) is 0.414. The summed E-state index contributed by atoms with van der Waals surface area (Å²) in [5.41, 5.74) is 6.22. The zero-order valence-electron chi connectivity index (χ0n) is 20.1. The maximum atomic E-state index is 13.6. The van der Waals surface area contributed by atoms with Crippen molar-refractivity contribution < 1.29 is 9.21 Å². The van der Waals surface area contributed by atoms with Gasteiger partial charge in [-0.2, -0.15) is 5.10 Å². The first-order chi connectivity index (χ1) is 17.1. The fourth-order valence-corrected chi connectivity index (χ4v) is 4.93. The van der Waals surface area contributed by atoms with E-state index in [2.05, 4.69) is 58.3 Å². The van der Waals surface area contributed by atoms with Gasteiger partial charge in [0, 0.05) is 50.3 Å². The van der Waals surface area contributed by atoms with Crippen LogP contribution in [0.25, 0.3) is 17.0 Å². The van der Waals surface area contributed by atoms with E-state index in [4.69, 9.17) is 4.42 Å². The van der Waals surface area contributed by atoms with Gasteiger partial charge in [-0.1, -0.05) is 18.2 Å². The first-order valence-electron chi connectivity index (χ1n) is 12.3. The minimum Gasteiger partial charge on any atom is -0.441 e. The lowest BCUT2D eigenvalue weighted by Gasteiger charge is -2.36. The Hall–Kier alpha value is -3.87. The highest BCUT2D eigenvalue weighted by Gasteiger charge is 2.35. The zero-order chi connectivity index (χ0) is 23.9. The molecule has 2 aliphatic rings. The highest BCUT2D eigenvalue weighted by atomic mass is 16.4. The van der Waals surface area contributed by atoms with E-state index >= 15 is 0 Å². The average molecular weight is 468 g/mol.